The van der Waals surface area contributed by atoms with Crippen molar-refractivity contribution >= 4 is 23.2 Å². The normalized spacial score (nSPS) is 19.2. The summed E-state index contributed by atoms with van der Waals surface area (Å²) in [4.78, 5) is 0. The maximum Gasteiger partial charge on any atom is 0.244 e. The van der Waals surface area contributed by atoms with Crippen molar-refractivity contribution in [3.05, 3.63) is 35.1 Å². The van der Waals surface area contributed by atoms with E-state index in [-0.39, 0.29) is 12.4 Å². The first-order chi connectivity index (χ1) is 5.59. The molecule has 0 amide bonds. The van der Waals surface area contributed by atoms with Crippen LogP contribution in [0.3, 0.4) is 0 Å². The molecule has 1 aliphatic rings. The summed E-state index contributed by atoms with van der Waals surface area (Å²) in [6, 6.07) is 4.23. The average Bonchev–Trinajstić information content (AvgIpc) is 2.27. The molecule has 0 unspecified atom stereocenters. The van der Waals surface area contributed by atoms with E-state index in [9.17, 15) is 4.39 Å². The molecule has 0 saturated heterocycles. The van der Waals surface area contributed by atoms with Gasteiger partial charge >= 0.3 is 0 Å². The van der Waals surface area contributed by atoms with Crippen LogP contribution in [-0.4, -0.2) is 0 Å². The quantitative estimate of drug-likeness (QED) is 0.594. The molecule has 12 heavy (non-hydrogen) atoms. The van der Waals surface area contributed by atoms with Crippen LogP contribution in [-0.2, 0) is 15.9 Å². The number of fused-ring (bicyclic) bond motifs is 1. The first kappa shape index (κ1) is 8.30. The summed E-state index contributed by atoms with van der Waals surface area (Å²) in [6.07, 6.45) is 0. The first-order valence-electron chi connectivity index (χ1n) is 3.40. The minimum absolute atomic E-state index is 0.264. The van der Waals surface area contributed by atoms with Crippen molar-refractivity contribution in [2.75, 3.05) is 0 Å². The Bertz CT molecular complexity index is 325. The van der Waals surface area contributed by atoms with Gasteiger partial charge in [-0.3, -0.25) is 0 Å². The summed E-state index contributed by atoms with van der Waals surface area (Å²) in [5.74, 6) is -0.302. The van der Waals surface area contributed by atoms with Crippen molar-refractivity contribution in [2.24, 2.45) is 0 Å². The predicted octanol–water partition coefficient (Wildman–Crippen LogP) is 2.94. The maximum absolute atomic E-state index is 12.7. The Morgan fingerprint density at radius 2 is 2.17 bits per heavy atom. The standard InChI is InChI=1S/C8H5Cl2FO/c9-8(10)7-2-1-6(11)3-5(7)4-12-8/h1-3H,4H2. The third kappa shape index (κ3) is 1.20. The van der Waals surface area contributed by atoms with E-state index < -0.39 is 4.52 Å². The van der Waals surface area contributed by atoms with Gasteiger partial charge in [-0.1, -0.05) is 29.3 Å². The van der Waals surface area contributed by atoms with E-state index in [1.54, 1.807) is 0 Å². The number of ether oxygens (including phenoxy) is 1. The summed E-state index contributed by atoms with van der Waals surface area (Å²) in [5.41, 5.74) is 1.34. The molecule has 4 heteroatoms. The number of halogens is 3. The molecule has 0 aliphatic carbocycles. The van der Waals surface area contributed by atoms with E-state index in [0.717, 1.165) is 0 Å². The van der Waals surface area contributed by atoms with Crippen LogP contribution in [0.15, 0.2) is 18.2 Å². The molecule has 1 aromatic rings. The molecule has 1 nitrogen and oxygen atoms in total. The van der Waals surface area contributed by atoms with Crippen LogP contribution in [0.25, 0.3) is 0 Å². The van der Waals surface area contributed by atoms with Gasteiger partial charge in [-0.05, 0) is 17.7 Å². The zero-order valence-electron chi connectivity index (χ0n) is 5.98. The molecule has 0 spiro atoms. The molecule has 2 rings (SSSR count). The maximum atomic E-state index is 12.7. The Morgan fingerprint density at radius 1 is 1.42 bits per heavy atom. The van der Waals surface area contributed by atoms with Crippen LogP contribution in [0, 0.1) is 5.82 Å². The molecule has 0 bridgehead atoms. The molecule has 1 aromatic carbocycles. The van der Waals surface area contributed by atoms with Crippen molar-refractivity contribution in [1.82, 2.24) is 0 Å². The zero-order valence-corrected chi connectivity index (χ0v) is 7.49. The van der Waals surface area contributed by atoms with Gasteiger partial charge in [0.15, 0.2) is 0 Å². The second-order valence-corrected chi connectivity index (χ2v) is 3.86. The summed E-state index contributed by atoms with van der Waals surface area (Å²) >= 11 is 11.5. The molecule has 0 radical (unpaired) electrons. The molecular weight excluding hydrogens is 202 g/mol. The smallest absolute Gasteiger partial charge is 0.244 e. The fourth-order valence-electron chi connectivity index (χ4n) is 1.21. The highest BCUT2D eigenvalue weighted by molar-refractivity contribution is 6.47. The minimum atomic E-state index is -1.30. The lowest BCUT2D eigenvalue weighted by atomic mass is 10.1. The van der Waals surface area contributed by atoms with E-state index in [2.05, 4.69) is 0 Å². The predicted molar refractivity (Wildman–Crippen MR) is 44.6 cm³/mol. The van der Waals surface area contributed by atoms with Crippen molar-refractivity contribution in [3.8, 4) is 0 Å². The van der Waals surface area contributed by atoms with Crippen molar-refractivity contribution in [3.63, 3.8) is 0 Å². The molecule has 0 saturated carbocycles. The Hall–Kier alpha value is -0.310. The van der Waals surface area contributed by atoms with Gasteiger partial charge in [-0.2, -0.15) is 0 Å². The molecule has 0 N–H and O–H groups in total. The first-order valence-corrected chi connectivity index (χ1v) is 4.16. The van der Waals surface area contributed by atoms with E-state index >= 15 is 0 Å². The minimum Gasteiger partial charge on any atom is -0.338 e. The van der Waals surface area contributed by atoms with Crippen molar-refractivity contribution < 1.29 is 9.13 Å². The van der Waals surface area contributed by atoms with Crippen LogP contribution in [0.2, 0.25) is 0 Å². The zero-order chi connectivity index (χ0) is 8.77. The van der Waals surface area contributed by atoms with Gasteiger partial charge in [0.2, 0.25) is 4.52 Å². The molecule has 0 atom stereocenters. The van der Waals surface area contributed by atoms with Gasteiger partial charge in [0.1, 0.15) is 5.82 Å². The van der Waals surface area contributed by atoms with Crippen LogP contribution in [0.1, 0.15) is 11.1 Å². The van der Waals surface area contributed by atoms with Crippen LogP contribution >= 0.6 is 23.2 Å². The highest BCUT2D eigenvalue weighted by Crippen LogP contribution is 2.43. The molecule has 0 fully saturated rings. The van der Waals surface area contributed by atoms with Gasteiger partial charge in [0.05, 0.1) is 6.61 Å². The van der Waals surface area contributed by atoms with E-state index in [0.29, 0.717) is 11.1 Å². The fourth-order valence-corrected chi connectivity index (χ4v) is 1.69. The second-order valence-electron chi connectivity index (χ2n) is 2.61. The molecule has 64 valence electrons. The number of hydrogen-bond acceptors (Lipinski definition) is 1. The molecule has 0 aromatic heterocycles. The number of rotatable bonds is 0. The van der Waals surface area contributed by atoms with Crippen molar-refractivity contribution in [1.29, 1.82) is 0 Å². The second kappa shape index (κ2) is 2.59. The molecule has 1 aliphatic heterocycles. The van der Waals surface area contributed by atoms with Crippen molar-refractivity contribution in [2.45, 2.75) is 11.1 Å². The van der Waals surface area contributed by atoms with E-state index in [4.69, 9.17) is 27.9 Å². The van der Waals surface area contributed by atoms with Gasteiger partial charge in [0, 0.05) is 5.56 Å². The van der Waals surface area contributed by atoms with Gasteiger partial charge in [0.25, 0.3) is 0 Å². The summed E-state index contributed by atoms with van der Waals surface area (Å²) in [5, 5.41) is 0. The third-order valence-corrected chi connectivity index (χ3v) is 2.42. The lowest BCUT2D eigenvalue weighted by molar-refractivity contribution is 0.0908. The number of alkyl halides is 2. The SMILES string of the molecule is Fc1ccc2c(c1)COC2(Cl)Cl. The molecule has 1 heterocycles. The average molecular weight is 207 g/mol. The van der Waals surface area contributed by atoms with E-state index in [1.165, 1.54) is 18.2 Å². The van der Waals surface area contributed by atoms with Crippen LogP contribution in [0.4, 0.5) is 4.39 Å². The van der Waals surface area contributed by atoms with Gasteiger partial charge < -0.3 is 4.74 Å². The van der Waals surface area contributed by atoms with E-state index in [1.807, 2.05) is 0 Å². The van der Waals surface area contributed by atoms with Gasteiger partial charge in [-0.25, -0.2) is 4.39 Å². The Kier molecular flexibility index (Phi) is 1.79. The van der Waals surface area contributed by atoms with Crippen LogP contribution < -0.4 is 0 Å². The Labute approximate surface area is 79.0 Å². The van der Waals surface area contributed by atoms with Gasteiger partial charge in [-0.15, -0.1) is 0 Å². The monoisotopic (exact) mass is 206 g/mol. The lowest BCUT2D eigenvalue weighted by Crippen LogP contribution is -2.06. The lowest BCUT2D eigenvalue weighted by Gasteiger charge is -2.11. The third-order valence-electron chi connectivity index (χ3n) is 1.79. The van der Waals surface area contributed by atoms with Crippen LogP contribution in [0.5, 0.6) is 0 Å². The number of hydrogen-bond donors (Lipinski definition) is 0. The largest absolute Gasteiger partial charge is 0.338 e. The summed E-state index contributed by atoms with van der Waals surface area (Å²) < 4.78 is 16.4. The highest BCUT2D eigenvalue weighted by Gasteiger charge is 2.36. The summed E-state index contributed by atoms with van der Waals surface area (Å²) in [6.45, 7) is 0.264. The number of benzene rings is 1. The fraction of sp³-hybridized carbons (Fsp3) is 0.250. The Balaban J connectivity index is 2.55. The topological polar surface area (TPSA) is 9.23 Å². The molecular formula is C8H5Cl2FO. The summed E-state index contributed by atoms with van der Waals surface area (Å²) in [7, 11) is 0. The Morgan fingerprint density at radius 3 is 2.92 bits per heavy atom. The highest BCUT2D eigenvalue weighted by atomic mass is 35.5.